The SMILES string of the molecule is CCc1ccc2[nH]c(=O)c(CN(C3CCCCC3)[C@@H](CC)c3nnnn3C(C)(C)CC)cc2c1. The lowest BCUT2D eigenvalue weighted by Crippen LogP contribution is -2.42. The van der Waals surface area contributed by atoms with Crippen LogP contribution in [0, 0.1) is 0 Å². The Morgan fingerprint density at radius 1 is 1.15 bits per heavy atom. The lowest BCUT2D eigenvalue weighted by Gasteiger charge is -2.40. The zero-order valence-electron chi connectivity index (χ0n) is 21.5. The number of fused-ring (bicyclic) bond motifs is 1. The summed E-state index contributed by atoms with van der Waals surface area (Å²) >= 11 is 0. The van der Waals surface area contributed by atoms with Crippen LogP contribution in [0.5, 0.6) is 0 Å². The monoisotopic (exact) mass is 464 g/mol. The van der Waals surface area contributed by atoms with Gasteiger partial charge in [-0.15, -0.1) is 5.10 Å². The highest BCUT2D eigenvalue weighted by Gasteiger charge is 2.34. The molecule has 1 saturated carbocycles. The summed E-state index contributed by atoms with van der Waals surface area (Å²) < 4.78 is 2.01. The number of hydrogen-bond donors (Lipinski definition) is 1. The molecule has 3 aromatic rings. The number of H-pyrrole nitrogens is 1. The van der Waals surface area contributed by atoms with Crippen LogP contribution in [0.4, 0.5) is 0 Å². The lowest BCUT2D eigenvalue weighted by atomic mass is 9.91. The first-order valence-corrected chi connectivity index (χ1v) is 13.1. The van der Waals surface area contributed by atoms with E-state index in [0.717, 1.165) is 54.4 Å². The third-order valence-corrected chi connectivity index (χ3v) is 7.81. The summed E-state index contributed by atoms with van der Waals surface area (Å²) in [5.74, 6) is 0.908. The molecule has 0 saturated heterocycles. The summed E-state index contributed by atoms with van der Waals surface area (Å²) in [4.78, 5) is 18.8. The second kappa shape index (κ2) is 10.4. The Hall–Kier alpha value is -2.54. The van der Waals surface area contributed by atoms with E-state index in [9.17, 15) is 4.79 Å². The standard InChI is InChI=1S/C27H40N6O/c1-6-19-14-15-23-20(16-19)17-21(26(34)28-23)18-32(22-12-10-9-11-13-22)24(7-2)25-29-30-31-33(25)27(4,5)8-3/h14-17,22,24H,6-13,18H2,1-5H3,(H,28,34)/t24-/m0/s1. The van der Waals surface area contributed by atoms with Gasteiger partial charge in [-0.05, 0) is 85.5 Å². The zero-order valence-corrected chi connectivity index (χ0v) is 21.5. The van der Waals surface area contributed by atoms with Crippen LogP contribution in [0.2, 0.25) is 0 Å². The van der Waals surface area contributed by atoms with Gasteiger partial charge in [0.05, 0.1) is 11.6 Å². The topological polar surface area (TPSA) is 79.7 Å². The summed E-state index contributed by atoms with van der Waals surface area (Å²) in [7, 11) is 0. The molecule has 7 heteroatoms. The van der Waals surface area contributed by atoms with Gasteiger partial charge in [0, 0.05) is 23.7 Å². The smallest absolute Gasteiger partial charge is 0.252 e. The summed E-state index contributed by atoms with van der Waals surface area (Å²) in [6.45, 7) is 11.5. The predicted molar refractivity (Wildman–Crippen MR) is 137 cm³/mol. The van der Waals surface area contributed by atoms with Crippen LogP contribution in [0.25, 0.3) is 10.9 Å². The highest BCUT2D eigenvalue weighted by Crippen LogP contribution is 2.34. The van der Waals surface area contributed by atoms with Crippen molar-refractivity contribution >= 4 is 10.9 Å². The molecule has 4 rings (SSSR count). The minimum Gasteiger partial charge on any atom is -0.322 e. The largest absolute Gasteiger partial charge is 0.322 e. The van der Waals surface area contributed by atoms with Crippen molar-refractivity contribution in [1.82, 2.24) is 30.1 Å². The fourth-order valence-electron chi connectivity index (χ4n) is 5.29. The molecule has 1 atom stereocenters. The number of aryl methyl sites for hydroxylation is 1. The third kappa shape index (κ3) is 4.95. The normalized spacial score (nSPS) is 16.4. The number of hydrogen-bond acceptors (Lipinski definition) is 5. The third-order valence-electron chi connectivity index (χ3n) is 7.81. The van der Waals surface area contributed by atoms with E-state index in [4.69, 9.17) is 0 Å². The number of nitrogens with one attached hydrogen (secondary N) is 1. The van der Waals surface area contributed by atoms with Crippen molar-refractivity contribution in [3.8, 4) is 0 Å². The maximum atomic E-state index is 13.1. The molecule has 2 aromatic heterocycles. The quantitative estimate of drug-likeness (QED) is 0.452. The van der Waals surface area contributed by atoms with Gasteiger partial charge in [-0.3, -0.25) is 9.69 Å². The van der Waals surface area contributed by atoms with E-state index in [1.807, 2.05) is 10.7 Å². The van der Waals surface area contributed by atoms with E-state index in [1.54, 1.807) is 0 Å². The van der Waals surface area contributed by atoms with E-state index < -0.39 is 0 Å². The molecule has 1 N–H and O–H groups in total. The van der Waals surface area contributed by atoms with E-state index in [-0.39, 0.29) is 17.1 Å². The number of aromatic nitrogens is 5. The minimum atomic E-state index is -0.165. The van der Waals surface area contributed by atoms with Crippen LogP contribution in [-0.4, -0.2) is 36.1 Å². The Kier molecular flexibility index (Phi) is 7.51. The van der Waals surface area contributed by atoms with Crippen molar-refractivity contribution in [2.24, 2.45) is 0 Å². The predicted octanol–water partition coefficient (Wildman–Crippen LogP) is 5.51. The first-order valence-electron chi connectivity index (χ1n) is 13.1. The van der Waals surface area contributed by atoms with Crippen LogP contribution < -0.4 is 5.56 Å². The molecule has 1 aliphatic rings. The van der Waals surface area contributed by atoms with E-state index in [2.05, 4.69) is 78.2 Å². The maximum absolute atomic E-state index is 13.1. The maximum Gasteiger partial charge on any atom is 0.252 e. The van der Waals surface area contributed by atoms with Gasteiger partial charge in [0.15, 0.2) is 5.82 Å². The average Bonchev–Trinajstić information content (AvgIpc) is 3.35. The van der Waals surface area contributed by atoms with Crippen LogP contribution in [0.15, 0.2) is 29.1 Å². The van der Waals surface area contributed by atoms with Gasteiger partial charge in [0.1, 0.15) is 0 Å². The van der Waals surface area contributed by atoms with Crippen molar-refractivity contribution in [3.05, 3.63) is 51.6 Å². The number of nitrogens with zero attached hydrogens (tertiary/aromatic N) is 5. The molecular formula is C27H40N6O. The average molecular weight is 465 g/mol. The van der Waals surface area contributed by atoms with Crippen LogP contribution in [-0.2, 0) is 18.5 Å². The second-order valence-electron chi connectivity index (χ2n) is 10.4. The number of pyridine rings is 1. The molecular weight excluding hydrogens is 424 g/mol. The van der Waals surface area contributed by atoms with Gasteiger partial charge in [0.2, 0.25) is 0 Å². The molecule has 1 aromatic carbocycles. The van der Waals surface area contributed by atoms with Crippen LogP contribution >= 0.6 is 0 Å². The summed E-state index contributed by atoms with van der Waals surface area (Å²) in [5.41, 5.74) is 2.83. The van der Waals surface area contributed by atoms with Gasteiger partial charge in [0.25, 0.3) is 5.56 Å². The first-order chi connectivity index (χ1) is 16.4. The van der Waals surface area contributed by atoms with Crippen molar-refractivity contribution in [2.45, 2.75) is 110 Å². The van der Waals surface area contributed by atoms with Crippen LogP contribution in [0.1, 0.15) is 103 Å². The molecule has 1 fully saturated rings. The Morgan fingerprint density at radius 2 is 1.91 bits per heavy atom. The lowest BCUT2D eigenvalue weighted by molar-refractivity contribution is 0.0801. The summed E-state index contributed by atoms with van der Waals surface area (Å²) in [6, 6.07) is 8.88. The molecule has 0 aliphatic heterocycles. The number of benzene rings is 1. The summed E-state index contributed by atoms with van der Waals surface area (Å²) in [5, 5.41) is 14.1. The molecule has 34 heavy (non-hydrogen) atoms. The first kappa shape index (κ1) is 24.6. The molecule has 0 radical (unpaired) electrons. The molecule has 0 bridgehead atoms. The molecule has 0 amide bonds. The Morgan fingerprint density at radius 3 is 2.59 bits per heavy atom. The van der Waals surface area contributed by atoms with Crippen molar-refractivity contribution < 1.29 is 0 Å². The van der Waals surface area contributed by atoms with Crippen molar-refractivity contribution in [2.75, 3.05) is 0 Å². The number of aromatic amines is 1. The molecule has 1 aliphatic carbocycles. The Balaban J connectivity index is 1.76. The molecule has 184 valence electrons. The minimum absolute atomic E-state index is 0.000825. The number of tetrazole rings is 1. The van der Waals surface area contributed by atoms with E-state index >= 15 is 0 Å². The Bertz CT molecular complexity index is 1160. The Labute approximate surface area is 202 Å². The van der Waals surface area contributed by atoms with Crippen molar-refractivity contribution in [1.29, 1.82) is 0 Å². The zero-order chi connectivity index (χ0) is 24.3. The van der Waals surface area contributed by atoms with Gasteiger partial charge >= 0.3 is 0 Å². The van der Waals surface area contributed by atoms with Gasteiger partial charge in [-0.25, -0.2) is 4.68 Å². The fourth-order valence-corrected chi connectivity index (χ4v) is 5.29. The number of rotatable bonds is 9. The highest BCUT2D eigenvalue weighted by molar-refractivity contribution is 5.79. The molecule has 2 heterocycles. The second-order valence-corrected chi connectivity index (χ2v) is 10.4. The van der Waals surface area contributed by atoms with Crippen molar-refractivity contribution in [3.63, 3.8) is 0 Å². The summed E-state index contributed by atoms with van der Waals surface area (Å²) in [6.07, 6.45) is 8.87. The molecule has 0 spiro atoms. The fraction of sp³-hybridized carbons (Fsp3) is 0.630. The molecule has 0 unspecified atom stereocenters. The van der Waals surface area contributed by atoms with E-state index in [1.165, 1.54) is 24.8 Å². The van der Waals surface area contributed by atoms with Gasteiger partial charge in [-0.1, -0.05) is 46.1 Å². The van der Waals surface area contributed by atoms with Gasteiger partial charge in [-0.2, -0.15) is 0 Å². The molecule has 7 nitrogen and oxygen atoms in total. The van der Waals surface area contributed by atoms with Gasteiger partial charge < -0.3 is 4.98 Å². The van der Waals surface area contributed by atoms with E-state index in [0.29, 0.717) is 12.6 Å². The van der Waals surface area contributed by atoms with Crippen LogP contribution in [0.3, 0.4) is 0 Å². The highest BCUT2D eigenvalue weighted by atomic mass is 16.1.